The number of amides is 2. The molecule has 0 saturated carbocycles. The Labute approximate surface area is 201 Å². The molecule has 0 aliphatic carbocycles. The molecule has 3 aromatic rings. The number of nitrogens with zero attached hydrogens (tertiary/aromatic N) is 2. The number of para-hydroxylation sites is 1. The Morgan fingerprint density at radius 2 is 1.65 bits per heavy atom. The van der Waals surface area contributed by atoms with E-state index in [1.807, 2.05) is 60.7 Å². The van der Waals surface area contributed by atoms with Gasteiger partial charge in [-0.15, -0.1) is 0 Å². The summed E-state index contributed by atoms with van der Waals surface area (Å²) >= 11 is 1.27. The molecule has 2 amide bonds. The molecular formula is C26H23N3O4S. The van der Waals surface area contributed by atoms with E-state index in [0.717, 1.165) is 5.56 Å². The molecule has 3 aromatic carbocycles. The predicted octanol–water partition coefficient (Wildman–Crippen LogP) is 4.63. The molecule has 0 bridgehead atoms. The minimum Gasteiger partial charge on any atom is -0.465 e. The van der Waals surface area contributed by atoms with Gasteiger partial charge in [0.2, 0.25) is 11.8 Å². The first-order chi connectivity index (χ1) is 16.5. The molecule has 1 fully saturated rings. The third kappa shape index (κ3) is 5.71. The Bertz CT molecular complexity index is 1200. The van der Waals surface area contributed by atoms with Gasteiger partial charge in [0.25, 0.3) is 0 Å². The number of methoxy groups -OCH3 is 1. The third-order valence-electron chi connectivity index (χ3n) is 5.17. The zero-order valence-corrected chi connectivity index (χ0v) is 19.3. The summed E-state index contributed by atoms with van der Waals surface area (Å²) in [5.74, 6) is -0.922. The second-order valence-corrected chi connectivity index (χ2v) is 8.73. The Hall–Kier alpha value is -3.91. The number of carbonyl (C=O) groups excluding carboxylic acids is 3. The van der Waals surface area contributed by atoms with Crippen LogP contribution in [0.4, 0.5) is 11.4 Å². The van der Waals surface area contributed by atoms with Crippen LogP contribution < -0.4 is 5.32 Å². The van der Waals surface area contributed by atoms with Crippen LogP contribution in [0.5, 0.6) is 0 Å². The molecule has 0 aromatic heterocycles. The molecule has 7 nitrogen and oxygen atoms in total. The van der Waals surface area contributed by atoms with Crippen LogP contribution in [0.25, 0.3) is 0 Å². The van der Waals surface area contributed by atoms with Gasteiger partial charge in [-0.25, -0.2) is 9.79 Å². The number of anilines is 1. The van der Waals surface area contributed by atoms with Crippen molar-refractivity contribution < 1.29 is 19.1 Å². The molecule has 0 spiro atoms. The average Bonchev–Trinajstić information content (AvgIpc) is 2.87. The number of amidine groups is 1. The number of hydrogen-bond acceptors (Lipinski definition) is 6. The predicted molar refractivity (Wildman–Crippen MR) is 133 cm³/mol. The lowest BCUT2D eigenvalue weighted by Crippen LogP contribution is -2.44. The summed E-state index contributed by atoms with van der Waals surface area (Å²) in [6.45, 7) is 0.377. The number of aliphatic imine (C=N–C) groups is 1. The van der Waals surface area contributed by atoms with Gasteiger partial charge < -0.3 is 10.1 Å². The van der Waals surface area contributed by atoms with Crippen LogP contribution in [0, 0.1) is 0 Å². The molecular weight excluding hydrogens is 450 g/mol. The number of hydrogen-bond donors (Lipinski definition) is 1. The van der Waals surface area contributed by atoms with Gasteiger partial charge in [-0.2, -0.15) is 0 Å². The van der Waals surface area contributed by atoms with Crippen molar-refractivity contribution in [3.05, 3.63) is 96.1 Å². The number of ether oxygens (including phenoxy) is 1. The lowest BCUT2D eigenvalue weighted by Gasteiger charge is -2.32. The maximum atomic E-state index is 13.1. The Morgan fingerprint density at radius 1 is 1.00 bits per heavy atom. The fraction of sp³-hybridized carbons (Fsp3) is 0.154. The van der Waals surface area contributed by atoms with Crippen molar-refractivity contribution >= 4 is 46.1 Å². The fourth-order valence-corrected chi connectivity index (χ4v) is 4.50. The van der Waals surface area contributed by atoms with Crippen molar-refractivity contribution in [1.29, 1.82) is 0 Å². The second-order valence-electron chi connectivity index (χ2n) is 7.56. The van der Waals surface area contributed by atoms with E-state index in [9.17, 15) is 14.4 Å². The first kappa shape index (κ1) is 23.3. The lowest BCUT2D eigenvalue weighted by atomic mass is 10.2. The Morgan fingerprint density at radius 3 is 2.29 bits per heavy atom. The maximum absolute atomic E-state index is 13.1. The van der Waals surface area contributed by atoms with Crippen LogP contribution in [0.2, 0.25) is 0 Å². The van der Waals surface area contributed by atoms with E-state index in [4.69, 9.17) is 4.74 Å². The molecule has 1 aliphatic rings. The molecule has 8 heteroatoms. The highest BCUT2D eigenvalue weighted by Gasteiger charge is 2.36. The van der Waals surface area contributed by atoms with Gasteiger partial charge in [-0.3, -0.25) is 14.5 Å². The van der Waals surface area contributed by atoms with Gasteiger partial charge in [0.15, 0.2) is 5.17 Å². The average molecular weight is 474 g/mol. The Kier molecular flexibility index (Phi) is 7.39. The first-order valence-electron chi connectivity index (χ1n) is 10.7. The number of benzene rings is 3. The number of nitrogens with one attached hydrogen (secondary N) is 1. The zero-order valence-electron chi connectivity index (χ0n) is 18.5. The number of carbonyl (C=O) groups is 3. The number of thioether (sulfide) groups is 1. The molecule has 0 radical (unpaired) electrons. The highest BCUT2D eigenvalue weighted by atomic mass is 32.2. The summed E-state index contributed by atoms with van der Waals surface area (Å²) < 4.78 is 4.69. The molecule has 1 heterocycles. The molecule has 4 rings (SSSR count). The van der Waals surface area contributed by atoms with Crippen LogP contribution in [-0.2, 0) is 20.9 Å². The molecule has 172 valence electrons. The van der Waals surface area contributed by atoms with E-state index in [1.54, 1.807) is 29.2 Å². The topological polar surface area (TPSA) is 88.1 Å². The van der Waals surface area contributed by atoms with Crippen molar-refractivity contribution in [2.75, 3.05) is 12.4 Å². The summed E-state index contributed by atoms with van der Waals surface area (Å²) in [7, 11) is 1.31. The summed E-state index contributed by atoms with van der Waals surface area (Å²) in [6, 6.07) is 25.4. The third-order valence-corrected chi connectivity index (χ3v) is 6.36. The summed E-state index contributed by atoms with van der Waals surface area (Å²) in [6.07, 6.45) is 0.0530. The zero-order chi connectivity index (χ0) is 23.9. The number of esters is 1. The minimum atomic E-state index is -0.637. The highest BCUT2D eigenvalue weighted by molar-refractivity contribution is 8.15. The molecule has 1 N–H and O–H groups in total. The van der Waals surface area contributed by atoms with Crippen LogP contribution in [0.3, 0.4) is 0 Å². The SMILES string of the molecule is COC(=O)c1ccc(NC(=O)C2CC(=O)N(Cc3ccccc3)C(=Nc3ccccc3)S2)cc1. The van der Waals surface area contributed by atoms with Gasteiger partial charge in [-0.05, 0) is 42.0 Å². The fourth-order valence-electron chi connectivity index (χ4n) is 3.41. The van der Waals surface area contributed by atoms with Gasteiger partial charge in [0.1, 0.15) is 5.25 Å². The van der Waals surface area contributed by atoms with E-state index in [-0.39, 0.29) is 18.2 Å². The van der Waals surface area contributed by atoms with Crippen LogP contribution in [0.15, 0.2) is 89.9 Å². The molecule has 1 saturated heterocycles. The van der Waals surface area contributed by atoms with Crippen LogP contribution in [0.1, 0.15) is 22.3 Å². The van der Waals surface area contributed by atoms with E-state index in [0.29, 0.717) is 28.7 Å². The van der Waals surface area contributed by atoms with Crippen LogP contribution in [-0.4, -0.2) is 40.2 Å². The van der Waals surface area contributed by atoms with Gasteiger partial charge >= 0.3 is 5.97 Å². The smallest absolute Gasteiger partial charge is 0.337 e. The van der Waals surface area contributed by atoms with E-state index >= 15 is 0 Å². The second kappa shape index (κ2) is 10.8. The number of rotatable bonds is 6. The molecule has 1 aliphatic heterocycles. The molecule has 1 unspecified atom stereocenters. The molecule has 1 atom stereocenters. The first-order valence-corrected chi connectivity index (χ1v) is 11.6. The van der Waals surface area contributed by atoms with Gasteiger partial charge in [0.05, 0.1) is 24.9 Å². The van der Waals surface area contributed by atoms with Crippen LogP contribution >= 0.6 is 11.8 Å². The Balaban J connectivity index is 1.53. The van der Waals surface area contributed by atoms with Crippen molar-refractivity contribution in [3.63, 3.8) is 0 Å². The normalized spacial score (nSPS) is 16.9. The summed E-state index contributed by atoms with van der Waals surface area (Å²) in [5, 5.41) is 2.67. The van der Waals surface area contributed by atoms with E-state index in [1.165, 1.54) is 18.9 Å². The van der Waals surface area contributed by atoms with Gasteiger partial charge in [-0.1, -0.05) is 60.3 Å². The van der Waals surface area contributed by atoms with Crippen molar-refractivity contribution in [3.8, 4) is 0 Å². The quantitative estimate of drug-likeness (QED) is 0.527. The van der Waals surface area contributed by atoms with Crippen molar-refractivity contribution in [2.24, 2.45) is 4.99 Å². The lowest BCUT2D eigenvalue weighted by molar-refractivity contribution is -0.129. The maximum Gasteiger partial charge on any atom is 0.337 e. The largest absolute Gasteiger partial charge is 0.465 e. The van der Waals surface area contributed by atoms with E-state index in [2.05, 4.69) is 10.3 Å². The minimum absolute atomic E-state index is 0.0530. The van der Waals surface area contributed by atoms with Crippen molar-refractivity contribution in [2.45, 2.75) is 18.2 Å². The summed E-state index contributed by atoms with van der Waals surface area (Å²) in [5.41, 5.74) is 2.59. The van der Waals surface area contributed by atoms with Crippen molar-refractivity contribution in [1.82, 2.24) is 4.90 Å². The van der Waals surface area contributed by atoms with Gasteiger partial charge in [0, 0.05) is 12.1 Å². The standard InChI is InChI=1S/C26H23N3O4S/c1-33-25(32)19-12-14-21(15-13-19)27-24(31)22-16-23(30)29(17-18-8-4-2-5-9-18)26(34-22)28-20-10-6-3-7-11-20/h2-15,22H,16-17H2,1H3,(H,27,31). The van der Waals surface area contributed by atoms with E-state index < -0.39 is 11.2 Å². The summed E-state index contributed by atoms with van der Waals surface area (Å²) in [4.78, 5) is 44.0. The monoisotopic (exact) mass is 473 g/mol. The molecule has 34 heavy (non-hydrogen) atoms. The highest BCUT2D eigenvalue weighted by Crippen LogP contribution is 2.31.